The molecule has 1 aromatic heterocycles. The second-order valence-corrected chi connectivity index (χ2v) is 7.45. The molecule has 5 heteroatoms. The summed E-state index contributed by atoms with van der Waals surface area (Å²) in [6, 6.07) is 16.1. The summed E-state index contributed by atoms with van der Waals surface area (Å²) in [6.45, 7) is 4.59. The van der Waals surface area contributed by atoms with Gasteiger partial charge in [-0.2, -0.15) is 0 Å². The Morgan fingerprint density at radius 3 is 2.78 bits per heavy atom. The van der Waals surface area contributed by atoms with Crippen molar-refractivity contribution in [1.29, 1.82) is 0 Å². The Bertz CT molecular complexity index is 962. The summed E-state index contributed by atoms with van der Waals surface area (Å²) in [4.78, 5) is 19.9. The molecule has 1 atom stereocenters. The van der Waals surface area contributed by atoms with Crippen LogP contribution in [0.1, 0.15) is 24.2 Å². The highest BCUT2D eigenvalue weighted by molar-refractivity contribution is 5.93. The fourth-order valence-electron chi connectivity index (χ4n) is 3.90. The first-order valence-corrected chi connectivity index (χ1v) is 9.61. The lowest BCUT2D eigenvalue weighted by Gasteiger charge is -2.31. The van der Waals surface area contributed by atoms with Gasteiger partial charge in [-0.1, -0.05) is 30.3 Å². The van der Waals surface area contributed by atoms with Crippen molar-refractivity contribution in [3.05, 3.63) is 59.9 Å². The number of imidazole rings is 1. The van der Waals surface area contributed by atoms with Crippen LogP contribution in [0.3, 0.4) is 0 Å². The van der Waals surface area contributed by atoms with Gasteiger partial charge >= 0.3 is 0 Å². The third-order valence-corrected chi connectivity index (χ3v) is 5.52. The predicted octanol–water partition coefficient (Wildman–Crippen LogP) is 3.73. The number of amides is 1. The van der Waals surface area contributed by atoms with Crippen molar-refractivity contribution in [1.82, 2.24) is 14.5 Å². The van der Waals surface area contributed by atoms with E-state index in [-0.39, 0.29) is 11.8 Å². The second kappa shape index (κ2) is 7.53. The van der Waals surface area contributed by atoms with Gasteiger partial charge in [-0.05, 0) is 50.1 Å². The van der Waals surface area contributed by atoms with Crippen LogP contribution in [0.15, 0.2) is 48.5 Å². The molecule has 2 heterocycles. The zero-order valence-electron chi connectivity index (χ0n) is 16.0. The van der Waals surface area contributed by atoms with Crippen molar-refractivity contribution < 1.29 is 4.79 Å². The molecule has 3 aromatic rings. The largest absolute Gasteiger partial charge is 0.330 e. The van der Waals surface area contributed by atoms with Crippen LogP contribution in [0.2, 0.25) is 0 Å². The SMILES string of the molecule is Cc1ccccc1NC(=O)[C@@H]1CCCN(Cc2nc3ccccc3n2C)C1. The van der Waals surface area contributed by atoms with Crippen LogP contribution in [0.5, 0.6) is 0 Å². The normalized spacial score (nSPS) is 17.9. The average Bonchev–Trinajstić information content (AvgIpc) is 3.00. The standard InChI is InChI=1S/C22H26N4O/c1-16-8-3-4-10-18(16)24-22(27)17-9-7-13-26(14-17)15-21-23-19-11-5-6-12-20(19)25(21)2/h3-6,8,10-12,17H,7,9,13-15H2,1-2H3,(H,24,27)/t17-/m1/s1. The third-order valence-electron chi connectivity index (χ3n) is 5.52. The van der Waals surface area contributed by atoms with Crippen molar-refractivity contribution in [3.63, 3.8) is 0 Å². The summed E-state index contributed by atoms with van der Waals surface area (Å²) in [6.07, 6.45) is 1.98. The van der Waals surface area contributed by atoms with Gasteiger partial charge < -0.3 is 9.88 Å². The number of aryl methyl sites for hydroxylation is 2. The maximum absolute atomic E-state index is 12.8. The number of nitrogens with one attached hydrogen (secondary N) is 1. The topological polar surface area (TPSA) is 50.2 Å². The molecule has 1 saturated heterocycles. The number of para-hydroxylation sites is 3. The van der Waals surface area contributed by atoms with Crippen molar-refractivity contribution in [2.24, 2.45) is 13.0 Å². The van der Waals surface area contributed by atoms with Gasteiger partial charge in [0.1, 0.15) is 5.82 Å². The number of hydrogen-bond donors (Lipinski definition) is 1. The molecule has 0 unspecified atom stereocenters. The molecule has 1 aliphatic rings. The van der Waals surface area contributed by atoms with Gasteiger partial charge in [-0.3, -0.25) is 9.69 Å². The Labute approximate surface area is 160 Å². The molecule has 1 aliphatic heterocycles. The van der Waals surface area contributed by atoms with E-state index in [0.717, 1.165) is 60.6 Å². The van der Waals surface area contributed by atoms with Crippen LogP contribution < -0.4 is 5.32 Å². The van der Waals surface area contributed by atoms with Crippen LogP contribution in [-0.2, 0) is 18.4 Å². The van der Waals surface area contributed by atoms with Gasteiger partial charge in [0.15, 0.2) is 0 Å². The minimum Gasteiger partial charge on any atom is -0.330 e. The number of aromatic nitrogens is 2. The lowest BCUT2D eigenvalue weighted by atomic mass is 9.97. The van der Waals surface area contributed by atoms with Gasteiger partial charge in [0.25, 0.3) is 0 Å². The first kappa shape index (κ1) is 17.7. The predicted molar refractivity (Wildman–Crippen MR) is 109 cm³/mol. The van der Waals surface area contributed by atoms with E-state index in [4.69, 9.17) is 4.98 Å². The molecule has 0 bridgehead atoms. The Morgan fingerprint density at radius 2 is 1.96 bits per heavy atom. The molecule has 1 fully saturated rings. The number of fused-ring (bicyclic) bond motifs is 1. The highest BCUT2D eigenvalue weighted by Gasteiger charge is 2.27. The highest BCUT2D eigenvalue weighted by Crippen LogP contribution is 2.22. The number of likely N-dealkylation sites (tertiary alicyclic amines) is 1. The Kier molecular flexibility index (Phi) is 4.94. The minimum absolute atomic E-state index is 0.0213. The molecule has 140 valence electrons. The van der Waals surface area contributed by atoms with Crippen molar-refractivity contribution in [2.45, 2.75) is 26.3 Å². The molecular weight excluding hydrogens is 336 g/mol. The zero-order chi connectivity index (χ0) is 18.8. The van der Waals surface area contributed by atoms with Gasteiger partial charge in [-0.25, -0.2) is 4.98 Å². The number of carbonyl (C=O) groups is 1. The monoisotopic (exact) mass is 362 g/mol. The third kappa shape index (κ3) is 3.74. The minimum atomic E-state index is 0.0213. The molecule has 0 saturated carbocycles. The molecule has 2 aromatic carbocycles. The fourth-order valence-corrected chi connectivity index (χ4v) is 3.90. The number of carbonyl (C=O) groups excluding carboxylic acids is 1. The Hall–Kier alpha value is -2.66. The average molecular weight is 362 g/mol. The smallest absolute Gasteiger partial charge is 0.228 e. The van der Waals surface area contributed by atoms with Crippen LogP contribution >= 0.6 is 0 Å². The van der Waals surface area contributed by atoms with Crippen LogP contribution in [0.25, 0.3) is 11.0 Å². The summed E-state index contributed by atoms with van der Waals surface area (Å²) in [5.41, 5.74) is 4.19. The van der Waals surface area contributed by atoms with Crippen molar-refractivity contribution >= 4 is 22.6 Å². The highest BCUT2D eigenvalue weighted by atomic mass is 16.1. The molecule has 0 radical (unpaired) electrons. The number of hydrogen-bond acceptors (Lipinski definition) is 3. The van der Waals surface area contributed by atoms with E-state index in [1.165, 1.54) is 0 Å². The lowest BCUT2D eigenvalue weighted by molar-refractivity contribution is -0.121. The van der Waals surface area contributed by atoms with Gasteiger partial charge in [0, 0.05) is 19.3 Å². The van der Waals surface area contributed by atoms with Crippen LogP contribution in [-0.4, -0.2) is 33.4 Å². The molecule has 27 heavy (non-hydrogen) atoms. The van der Waals surface area contributed by atoms with E-state index in [2.05, 4.69) is 27.9 Å². The maximum Gasteiger partial charge on any atom is 0.228 e. The number of nitrogens with zero attached hydrogens (tertiary/aromatic N) is 3. The number of benzene rings is 2. The molecule has 0 spiro atoms. The second-order valence-electron chi connectivity index (χ2n) is 7.45. The summed E-state index contributed by atoms with van der Waals surface area (Å²) in [5, 5.41) is 3.11. The van der Waals surface area contributed by atoms with Crippen LogP contribution in [0.4, 0.5) is 5.69 Å². The molecule has 1 amide bonds. The summed E-state index contributed by atoms with van der Waals surface area (Å²) in [7, 11) is 2.07. The van der Waals surface area contributed by atoms with Gasteiger partial charge in [0.05, 0.1) is 23.5 Å². The molecule has 0 aliphatic carbocycles. The zero-order valence-corrected chi connectivity index (χ0v) is 16.0. The van der Waals surface area contributed by atoms with E-state index >= 15 is 0 Å². The van der Waals surface area contributed by atoms with Crippen molar-refractivity contribution in [3.8, 4) is 0 Å². The Morgan fingerprint density at radius 1 is 1.19 bits per heavy atom. The quantitative estimate of drug-likeness (QED) is 0.769. The first-order chi connectivity index (χ1) is 13.1. The van der Waals surface area contributed by atoms with Gasteiger partial charge in [-0.15, -0.1) is 0 Å². The Balaban J connectivity index is 1.44. The first-order valence-electron chi connectivity index (χ1n) is 9.61. The molecular formula is C22H26N4O. The van der Waals surface area contributed by atoms with E-state index < -0.39 is 0 Å². The van der Waals surface area contributed by atoms with Gasteiger partial charge in [0.2, 0.25) is 5.91 Å². The summed E-state index contributed by atoms with van der Waals surface area (Å²) in [5.74, 6) is 1.20. The maximum atomic E-state index is 12.8. The number of piperidine rings is 1. The fraction of sp³-hybridized carbons (Fsp3) is 0.364. The van der Waals surface area contributed by atoms with Crippen molar-refractivity contribution in [2.75, 3.05) is 18.4 Å². The molecule has 1 N–H and O–H groups in total. The number of rotatable bonds is 4. The van der Waals surface area contributed by atoms with E-state index in [1.807, 2.05) is 49.4 Å². The summed E-state index contributed by atoms with van der Waals surface area (Å²) < 4.78 is 2.16. The number of anilines is 1. The molecule has 4 rings (SSSR count). The van der Waals surface area contributed by atoms with Crippen LogP contribution in [0, 0.1) is 12.8 Å². The molecule has 5 nitrogen and oxygen atoms in total. The van der Waals surface area contributed by atoms with E-state index in [0.29, 0.717) is 0 Å². The summed E-state index contributed by atoms with van der Waals surface area (Å²) >= 11 is 0. The van der Waals surface area contributed by atoms with E-state index in [9.17, 15) is 4.79 Å². The van der Waals surface area contributed by atoms with E-state index in [1.54, 1.807) is 0 Å². The lowest BCUT2D eigenvalue weighted by Crippen LogP contribution is -2.40.